The molecule has 1 aromatic carbocycles. The number of nitrogens with zero attached hydrogens (tertiary/aromatic N) is 1. The molecule has 0 radical (unpaired) electrons. The van der Waals surface area contributed by atoms with Crippen molar-refractivity contribution in [3.63, 3.8) is 0 Å². The fourth-order valence-corrected chi connectivity index (χ4v) is 2.37. The molecule has 100 valence electrons. The Bertz CT molecular complexity index is 405. The molecule has 3 nitrogen and oxygen atoms in total. The summed E-state index contributed by atoms with van der Waals surface area (Å²) >= 11 is 0. The number of aliphatic hydroxyl groups is 1. The molecule has 2 atom stereocenters. The average Bonchev–Trinajstić information content (AvgIpc) is 2.76. The average molecular weight is 248 g/mol. The second kappa shape index (κ2) is 5.72. The maximum absolute atomic E-state index is 9.11. The van der Waals surface area contributed by atoms with Gasteiger partial charge in [0, 0.05) is 38.5 Å². The molecule has 0 fully saturated rings. The van der Waals surface area contributed by atoms with Crippen LogP contribution in [0.1, 0.15) is 25.0 Å². The Hall–Kier alpha value is -1.06. The van der Waals surface area contributed by atoms with Crippen LogP contribution in [-0.4, -0.2) is 31.3 Å². The predicted octanol–water partition coefficient (Wildman–Crippen LogP) is 1.79. The topological polar surface area (TPSA) is 35.5 Å². The quantitative estimate of drug-likeness (QED) is 0.834. The van der Waals surface area contributed by atoms with Crippen molar-refractivity contribution < 1.29 is 5.11 Å². The summed E-state index contributed by atoms with van der Waals surface area (Å²) in [4.78, 5) is 2.31. The number of nitrogens with one attached hydrogen (secondary N) is 1. The van der Waals surface area contributed by atoms with Crippen molar-refractivity contribution in [2.45, 2.75) is 32.9 Å². The van der Waals surface area contributed by atoms with E-state index in [0.29, 0.717) is 12.0 Å². The molecule has 2 unspecified atom stereocenters. The highest BCUT2D eigenvalue weighted by molar-refractivity contribution is 5.58. The first-order valence-electron chi connectivity index (χ1n) is 6.79. The number of hydrogen-bond acceptors (Lipinski definition) is 3. The Morgan fingerprint density at radius 2 is 2.17 bits per heavy atom. The molecule has 0 amide bonds. The number of fused-ring (bicyclic) bond motifs is 1. The van der Waals surface area contributed by atoms with E-state index in [1.54, 1.807) is 0 Å². The van der Waals surface area contributed by atoms with Crippen LogP contribution in [0.5, 0.6) is 0 Å². The van der Waals surface area contributed by atoms with E-state index >= 15 is 0 Å². The summed E-state index contributed by atoms with van der Waals surface area (Å²) in [5, 5.41) is 12.6. The van der Waals surface area contributed by atoms with Gasteiger partial charge in [-0.1, -0.05) is 19.1 Å². The lowest BCUT2D eigenvalue weighted by Gasteiger charge is -2.19. The Balaban J connectivity index is 1.95. The van der Waals surface area contributed by atoms with Gasteiger partial charge in [-0.25, -0.2) is 0 Å². The Morgan fingerprint density at radius 1 is 1.39 bits per heavy atom. The summed E-state index contributed by atoms with van der Waals surface area (Å²) in [6.45, 7) is 6.44. The molecule has 0 bridgehead atoms. The Morgan fingerprint density at radius 3 is 2.89 bits per heavy atom. The monoisotopic (exact) mass is 248 g/mol. The number of benzene rings is 1. The molecule has 2 rings (SSSR count). The molecule has 1 aromatic rings. The molecule has 0 saturated carbocycles. The van der Waals surface area contributed by atoms with Crippen molar-refractivity contribution in [2.75, 3.05) is 25.1 Å². The number of hydrogen-bond donors (Lipinski definition) is 2. The predicted molar refractivity (Wildman–Crippen MR) is 76.0 cm³/mol. The van der Waals surface area contributed by atoms with E-state index in [1.165, 1.54) is 16.8 Å². The molecule has 1 aliphatic heterocycles. The third-order valence-corrected chi connectivity index (χ3v) is 4.04. The highest BCUT2D eigenvalue weighted by Gasteiger charge is 2.16. The fraction of sp³-hybridized carbons (Fsp3) is 0.600. The van der Waals surface area contributed by atoms with Gasteiger partial charge in [0.05, 0.1) is 0 Å². The van der Waals surface area contributed by atoms with E-state index in [0.717, 1.165) is 19.5 Å². The smallest absolute Gasteiger partial charge is 0.0471 e. The third-order valence-electron chi connectivity index (χ3n) is 4.04. The van der Waals surface area contributed by atoms with Crippen LogP contribution in [0.4, 0.5) is 5.69 Å². The number of likely N-dealkylation sites (N-methyl/N-ethyl adjacent to an activating group) is 1. The summed E-state index contributed by atoms with van der Waals surface area (Å²) in [7, 11) is 2.15. The lowest BCUT2D eigenvalue weighted by Crippen LogP contribution is -2.33. The van der Waals surface area contributed by atoms with Crippen LogP contribution in [0.2, 0.25) is 0 Å². The fourth-order valence-electron chi connectivity index (χ4n) is 2.37. The van der Waals surface area contributed by atoms with Crippen molar-refractivity contribution in [1.82, 2.24) is 5.32 Å². The van der Waals surface area contributed by atoms with Crippen LogP contribution < -0.4 is 10.2 Å². The summed E-state index contributed by atoms with van der Waals surface area (Å²) in [5.74, 6) is 0.297. The molecule has 18 heavy (non-hydrogen) atoms. The van der Waals surface area contributed by atoms with Crippen LogP contribution >= 0.6 is 0 Å². The first-order valence-corrected chi connectivity index (χ1v) is 6.79. The van der Waals surface area contributed by atoms with Gasteiger partial charge in [0.15, 0.2) is 0 Å². The number of aliphatic hydroxyl groups excluding tert-OH is 1. The van der Waals surface area contributed by atoms with Crippen LogP contribution in [0.25, 0.3) is 0 Å². The Labute approximate surface area is 110 Å². The van der Waals surface area contributed by atoms with E-state index < -0.39 is 0 Å². The lowest BCUT2D eigenvalue weighted by atomic mass is 10.0. The minimum Gasteiger partial charge on any atom is -0.396 e. The molecular formula is C15H24N2O. The SMILES string of the molecule is CC(CO)C(C)NCc1ccc2c(c1)CCN2C. The highest BCUT2D eigenvalue weighted by atomic mass is 16.3. The lowest BCUT2D eigenvalue weighted by molar-refractivity contribution is 0.207. The molecule has 0 aliphatic carbocycles. The van der Waals surface area contributed by atoms with E-state index in [1.807, 2.05) is 0 Å². The van der Waals surface area contributed by atoms with Crippen LogP contribution in [-0.2, 0) is 13.0 Å². The zero-order chi connectivity index (χ0) is 13.1. The molecular weight excluding hydrogens is 224 g/mol. The van der Waals surface area contributed by atoms with Crippen molar-refractivity contribution in [2.24, 2.45) is 5.92 Å². The third kappa shape index (κ3) is 2.85. The molecule has 1 aliphatic rings. The zero-order valence-corrected chi connectivity index (χ0v) is 11.6. The molecule has 1 heterocycles. The van der Waals surface area contributed by atoms with Crippen LogP contribution in [0.15, 0.2) is 18.2 Å². The minimum atomic E-state index is 0.239. The van der Waals surface area contributed by atoms with Gasteiger partial charge in [-0.2, -0.15) is 0 Å². The second-order valence-corrected chi connectivity index (χ2v) is 5.46. The highest BCUT2D eigenvalue weighted by Crippen LogP contribution is 2.27. The van der Waals surface area contributed by atoms with Crippen molar-refractivity contribution in [3.8, 4) is 0 Å². The largest absolute Gasteiger partial charge is 0.396 e. The van der Waals surface area contributed by atoms with Gasteiger partial charge in [-0.3, -0.25) is 0 Å². The molecule has 2 N–H and O–H groups in total. The first kappa shape index (κ1) is 13.4. The van der Waals surface area contributed by atoms with Crippen molar-refractivity contribution >= 4 is 5.69 Å². The van der Waals surface area contributed by atoms with Gasteiger partial charge in [0.1, 0.15) is 0 Å². The maximum Gasteiger partial charge on any atom is 0.0471 e. The summed E-state index contributed by atoms with van der Waals surface area (Å²) in [6, 6.07) is 7.07. The summed E-state index contributed by atoms with van der Waals surface area (Å²) in [6.07, 6.45) is 1.16. The standard InChI is InChI=1S/C15H24N2O/c1-11(10-18)12(2)16-9-13-4-5-15-14(8-13)6-7-17(15)3/h4-5,8,11-12,16,18H,6-7,9-10H2,1-3H3. The molecule has 0 aromatic heterocycles. The molecule has 3 heteroatoms. The van der Waals surface area contributed by atoms with Crippen molar-refractivity contribution in [1.29, 1.82) is 0 Å². The van der Waals surface area contributed by atoms with Gasteiger partial charge in [0.2, 0.25) is 0 Å². The van der Waals surface area contributed by atoms with E-state index in [2.05, 4.69) is 49.3 Å². The van der Waals surface area contributed by atoms with E-state index in [4.69, 9.17) is 5.11 Å². The van der Waals surface area contributed by atoms with E-state index in [9.17, 15) is 0 Å². The second-order valence-electron chi connectivity index (χ2n) is 5.46. The maximum atomic E-state index is 9.11. The normalized spacial score (nSPS) is 17.7. The molecule has 0 saturated heterocycles. The summed E-state index contributed by atoms with van der Waals surface area (Å²) < 4.78 is 0. The zero-order valence-electron chi connectivity index (χ0n) is 11.6. The Kier molecular flexibility index (Phi) is 4.25. The molecule has 0 spiro atoms. The minimum absolute atomic E-state index is 0.239. The van der Waals surface area contributed by atoms with Gasteiger partial charge in [0.25, 0.3) is 0 Å². The number of rotatable bonds is 5. The summed E-state index contributed by atoms with van der Waals surface area (Å²) in [5.41, 5.74) is 4.16. The first-order chi connectivity index (χ1) is 8.61. The number of anilines is 1. The van der Waals surface area contributed by atoms with Crippen LogP contribution in [0, 0.1) is 5.92 Å². The van der Waals surface area contributed by atoms with Gasteiger partial charge >= 0.3 is 0 Å². The van der Waals surface area contributed by atoms with Crippen LogP contribution in [0.3, 0.4) is 0 Å². The van der Waals surface area contributed by atoms with Gasteiger partial charge in [-0.05, 0) is 36.5 Å². The van der Waals surface area contributed by atoms with E-state index in [-0.39, 0.29) is 6.61 Å². The van der Waals surface area contributed by atoms with Gasteiger partial charge < -0.3 is 15.3 Å². The van der Waals surface area contributed by atoms with Gasteiger partial charge in [-0.15, -0.1) is 0 Å². The van der Waals surface area contributed by atoms with Crippen molar-refractivity contribution in [3.05, 3.63) is 29.3 Å².